The third-order valence-corrected chi connectivity index (χ3v) is 5.68. The second-order valence-electron chi connectivity index (χ2n) is 7.66. The number of benzene rings is 3. The van der Waals surface area contributed by atoms with Gasteiger partial charge in [-0.25, -0.2) is 4.98 Å². The van der Waals surface area contributed by atoms with Gasteiger partial charge in [0.1, 0.15) is 5.69 Å². The maximum Gasteiger partial charge on any atom is 0.270 e. The molecule has 3 aromatic carbocycles. The largest absolute Gasteiger partial charge is 0.493 e. The first-order valence-electron chi connectivity index (χ1n) is 10.6. The molecule has 2 heterocycles. The Bertz CT molecular complexity index is 1460. The van der Waals surface area contributed by atoms with Gasteiger partial charge in [0, 0.05) is 28.4 Å². The first-order valence-corrected chi connectivity index (χ1v) is 10.6. The average Bonchev–Trinajstić information content (AvgIpc) is 3.25. The van der Waals surface area contributed by atoms with Gasteiger partial charge in [-0.1, -0.05) is 54.6 Å². The fraction of sp³-hybridized carbons (Fsp3) is 0.111. The van der Waals surface area contributed by atoms with Crippen molar-refractivity contribution >= 4 is 27.7 Å². The number of rotatable bonds is 6. The number of methoxy groups -OCH3 is 2. The predicted octanol–water partition coefficient (Wildman–Crippen LogP) is 5.33. The molecule has 164 valence electrons. The fourth-order valence-electron chi connectivity index (χ4n) is 4.10. The normalized spacial score (nSPS) is 11.0. The Morgan fingerprint density at radius 2 is 1.70 bits per heavy atom. The molecule has 0 aliphatic carbocycles. The summed E-state index contributed by atoms with van der Waals surface area (Å²) in [6, 6.07) is 25.3. The van der Waals surface area contributed by atoms with E-state index in [0.717, 1.165) is 32.9 Å². The van der Waals surface area contributed by atoms with Crippen molar-refractivity contribution < 1.29 is 14.3 Å². The van der Waals surface area contributed by atoms with E-state index in [0.29, 0.717) is 29.4 Å². The highest BCUT2D eigenvalue weighted by molar-refractivity contribution is 6.13. The third kappa shape index (κ3) is 3.76. The number of nitrogens with one attached hydrogen (secondary N) is 2. The number of para-hydroxylation sites is 2. The van der Waals surface area contributed by atoms with Crippen LogP contribution in [0.5, 0.6) is 11.5 Å². The van der Waals surface area contributed by atoms with Gasteiger partial charge in [-0.05, 0) is 29.8 Å². The SMILES string of the molecule is COc1cccc(-c2nc(C(=O)NCc3ccccc3)cc3c2[nH]c2ccccc23)c1OC. The zero-order chi connectivity index (χ0) is 22.8. The minimum absolute atomic E-state index is 0.242. The van der Waals surface area contributed by atoms with Crippen molar-refractivity contribution in [2.24, 2.45) is 0 Å². The monoisotopic (exact) mass is 437 g/mol. The van der Waals surface area contributed by atoms with E-state index in [2.05, 4.69) is 10.3 Å². The van der Waals surface area contributed by atoms with Gasteiger partial charge in [-0.15, -0.1) is 0 Å². The molecule has 0 atom stereocenters. The summed E-state index contributed by atoms with van der Waals surface area (Å²) >= 11 is 0. The molecule has 0 radical (unpaired) electrons. The summed E-state index contributed by atoms with van der Waals surface area (Å²) < 4.78 is 11.2. The highest BCUT2D eigenvalue weighted by Gasteiger charge is 2.20. The number of nitrogens with zero attached hydrogens (tertiary/aromatic N) is 1. The predicted molar refractivity (Wildman–Crippen MR) is 130 cm³/mol. The molecule has 1 amide bonds. The van der Waals surface area contributed by atoms with E-state index in [-0.39, 0.29) is 5.91 Å². The first kappa shape index (κ1) is 20.6. The number of hydrogen-bond donors (Lipinski definition) is 2. The molecular formula is C27H23N3O3. The van der Waals surface area contributed by atoms with E-state index in [9.17, 15) is 4.79 Å². The standard InChI is InChI=1S/C27H23N3O3/c1-32-23-14-8-12-19(26(23)33-2)24-25-20(18-11-6-7-13-21(18)29-25)15-22(30-24)27(31)28-16-17-9-4-3-5-10-17/h3-15,29H,16H2,1-2H3,(H,28,31). The van der Waals surface area contributed by atoms with Crippen LogP contribution in [0, 0.1) is 0 Å². The van der Waals surface area contributed by atoms with Crippen molar-refractivity contribution in [1.82, 2.24) is 15.3 Å². The van der Waals surface area contributed by atoms with Crippen LogP contribution in [0.1, 0.15) is 16.1 Å². The Kier molecular flexibility index (Phi) is 5.40. The number of hydrogen-bond acceptors (Lipinski definition) is 4. The molecule has 6 heteroatoms. The number of carbonyl (C=O) groups excluding carboxylic acids is 1. The number of amides is 1. The van der Waals surface area contributed by atoms with Crippen molar-refractivity contribution in [3.8, 4) is 22.8 Å². The van der Waals surface area contributed by atoms with Crippen LogP contribution in [-0.2, 0) is 6.54 Å². The molecule has 0 saturated carbocycles. The molecule has 5 aromatic rings. The van der Waals surface area contributed by atoms with Crippen LogP contribution in [0.25, 0.3) is 33.1 Å². The summed E-state index contributed by atoms with van der Waals surface area (Å²) in [6.07, 6.45) is 0. The van der Waals surface area contributed by atoms with Crippen molar-refractivity contribution in [2.75, 3.05) is 14.2 Å². The topological polar surface area (TPSA) is 76.2 Å². The van der Waals surface area contributed by atoms with Crippen molar-refractivity contribution in [3.05, 3.63) is 90.1 Å². The molecule has 0 unspecified atom stereocenters. The molecule has 0 aliphatic heterocycles. The summed E-state index contributed by atoms with van der Waals surface area (Å²) in [6.45, 7) is 0.422. The van der Waals surface area contributed by atoms with Crippen LogP contribution in [0.15, 0.2) is 78.9 Å². The lowest BCUT2D eigenvalue weighted by molar-refractivity contribution is 0.0946. The summed E-state index contributed by atoms with van der Waals surface area (Å²) in [5.74, 6) is 0.920. The van der Waals surface area contributed by atoms with Gasteiger partial charge < -0.3 is 19.8 Å². The van der Waals surface area contributed by atoms with Crippen LogP contribution in [-0.4, -0.2) is 30.1 Å². The Hall–Kier alpha value is -4.32. The second kappa shape index (κ2) is 8.67. The molecule has 5 rings (SSSR count). The lowest BCUT2D eigenvalue weighted by atomic mass is 10.0. The minimum Gasteiger partial charge on any atom is -0.493 e. The molecule has 33 heavy (non-hydrogen) atoms. The van der Waals surface area contributed by atoms with Crippen molar-refractivity contribution in [3.63, 3.8) is 0 Å². The van der Waals surface area contributed by atoms with E-state index in [1.165, 1.54) is 0 Å². The van der Waals surface area contributed by atoms with Crippen LogP contribution >= 0.6 is 0 Å². The Morgan fingerprint density at radius 3 is 2.48 bits per heavy atom. The summed E-state index contributed by atoms with van der Waals surface area (Å²) in [4.78, 5) is 21.4. The Labute approximate surface area is 191 Å². The van der Waals surface area contributed by atoms with E-state index in [1.807, 2.05) is 78.9 Å². The van der Waals surface area contributed by atoms with E-state index < -0.39 is 0 Å². The second-order valence-corrected chi connectivity index (χ2v) is 7.66. The number of carbonyl (C=O) groups is 1. The van der Waals surface area contributed by atoms with Crippen LogP contribution in [0.4, 0.5) is 0 Å². The van der Waals surface area contributed by atoms with Gasteiger partial charge in [0.2, 0.25) is 0 Å². The van der Waals surface area contributed by atoms with Gasteiger partial charge in [0.05, 0.1) is 25.4 Å². The number of aromatic nitrogens is 2. The maximum atomic E-state index is 13.1. The molecule has 0 aliphatic rings. The Morgan fingerprint density at radius 1 is 0.909 bits per heavy atom. The zero-order valence-corrected chi connectivity index (χ0v) is 18.4. The van der Waals surface area contributed by atoms with Crippen molar-refractivity contribution in [2.45, 2.75) is 6.54 Å². The smallest absolute Gasteiger partial charge is 0.270 e. The van der Waals surface area contributed by atoms with Crippen molar-refractivity contribution in [1.29, 1.82) is 0 Å². The van der Waals surface area contributed by atoms with Crippen LogP contribution in [0.3, 0.4) is 0 Å². The molecule has 6 nitrogen and oxygen atoms in total. The van der Waals surface area contributed by atoms with Gasteiger partial charge in [-0.2, -0.15) is 0 Å². The highest BCUT2D eigenvalue weighted by Crippen LogP contribution is 2.41. The summed E-state index contributed by atoms with van der Waals surface area (Å²) in [5, 5.41) is 4.93. The molecule has 0 saturated heterocycles. The number of ether oxygens (including phenoxy) is 2. The van der Waals surface area contributed by atoms with E-state index in [4.69, 9.17) is 14.5 Å². The average molecular weight is 437 g/mol. The van der Waals surface area contributed by atoms with Gasteiger partial charge in [0.15, 0.2) is 11.5 Å². The molecule has 2 aromatic heterocycles. The van der Waals surface area contributed by atoms with Gasteiger partial charge in [-0.3, -0.25) is 4.79 Å². The summed E-state index contributed by atoms with van der Waals surface area (Å²) in [7, 11) is 3.20. The van der Waals surface area contributed by atoms with E-state index in [1.54, 1.807) is 14.2 Å². The molecule has 0 bridgehead atoms. The number of aromatic amines is 1. The zero-order valence-electron chi connectivity index (χ0n) is 18.4. The van der Waals surface area contributed by atoms with E-state index >= 15 is 0 Å². The minimum atomic E-state index is -0.242. The van der Waals surface area contributed by atoms with Gasteiger partial charge in [0.25, 0.3) is 5.91 Å². The third-order valence-electron chi connectivity index (χ3n) is 5.68. The highest BCUT2D eigenvalue weighted by atomic mass is 16.5. The lowest BCUT2D eigenvalue weighted by Crippen LogP contribution is -2.24. The number of fused-ring (bicyclic) bond motifs is 3. The number of pyridine rings is 1. The van der Waals surface area contributed by atoms with Crippen LogP contribution in [0.2, 0.25) is 0 Å². The molecule has 0 spiro atoms. The molecular weight excluding hydrogens is 414 g/mol. The number of H-pyrrole nitrogens is 1. The summed E-state index contributed by atoms with van der Waals surface area (Å²) in [5.41, 5.74) is 4.54. The maximum absolute atomic E-state index is 13.1. The van der Waals surface area contributed by atoms with Crippen LogP contribution < -0.4 is 14.8 Å². The lowest BCUT2D eigenvalue weighted by Gasteiger charge is -2.14. The Balaban J connectivity index is 1.68. The quantitative estimate of drug-likeness (QED) is 0.376. The first-order chi connectivity index (χ1) is 16.2. The fourth-order valence-corrected chi connectivity index (χ4v) is 4.10. The molecule has 0 fully saturated rings. The molecule has 2 N–H and O–H groups in total. The van der Waals surface area contributed by atoms with Gasteiger partial charge >= 0.3 is 0 Å².